The highest BCUT2D eigenvalue weighted by Gasteiger charge is 2.30. The molecule has 0 fully saturated rings. The predicted molar refractivity (Wildman–Crippen MR) is 96.8 cm³/mol. The molecule has 0 saturated heterocycles. The van der Waals surface area contributed by atoms with Crippen LogP contribution in [0, 0.1) is 6.92 Å². The number of hydrogen-bond acceptors (Lipinski definition) is 5. The number of nitrogens with zero attached hydrogens (tertiary/aromatic N) is 3. The van der Waals surface area contributed by atoms with Gasteiger partial charge in [-0.1, -0.05) is 12.1 Å². The van der Waals surface area contributed by atoms with Gasteiger partial charge in [0.1, 0.15) is 0 Å². The molecule has 2 amide bonds. The van der Waals surface area contributed by atoms with Gasteiger partial charge in [0.05, 0.1) is 17.9 Å². The van der Waals surface area contributed by atoms with E-state index in [1.54, 1.807) is 22.4 Å². The van der Waals surface area contributed by atoms with Gasteiger partial charge in [0.15, 0.2) is 5.13 Å². The number of benzene rings is 1. The molecule has 6 nitrogen and oxygen atoms in total. The molecule has 0 saturated carbocycles. The topological polar surface area (TPSA) is 65.5 Å². The third kappa shape index (κ3) is 3.26. The molecule has 0 spiro atoms. The largest absolute Gasteiger partial charge is 0.342 e. The number of aromatic nitrogens is 1. The van der Waals surface area contributed by atoms with Gasteiger partial charge in [-0.05, 0) is 26.0 Å². The molecule has 3 rings (SSSR count). The van der Waals surface area contributed by atoms with Gasteiger partial charge in [-0.2, -0.15) is 0 Å². The number of amides is 2. The number of hydrogen-bond donors (Lipinski definition) is 1. The van der Waals surface area contributed by atoms with Crippen LogP contribution in [0.25, 0.3) is 0 Å². The van der Waals surface area contributed by atoms with Gasteiger partial charge >= 0.3 is 0 Å². The Hall–Kier alpha value is -2.41. The molecule has 2 heterocycles. The molecule has 0 aliphatic carbocycles. The second-order valence-corrected chi connectivity index (χ2v) is 7.20. The second kappa shape index (κ2) is 6.60. The average Bonchev–Trinajstić information content (AvgIpc) is 2.90. The number of aryl methyl sites for hydroxylation is 1. The van der Waals surface area contributed by atoms with E-state index >= 15 is 0 Å². The minimum atomic E-state index is -0.201. The van der Waals surface area contributed by atoms with E-state index in [1.807, 2.05) is 50.1 Å². The molecule has 1 aromatic heterocycles. The van der Waals surface area contributed by atoms with Gasteiger partial charge in [0, 0.05) is 30.6 Å². The Kier molecular flexibility index (Phi) is 4.53. The third-order valence-corrected chi connectivity index (χ3v) is 4.96. The molecule has 1 aliphatic heterocycles. The maximum atomic E-state index is 12.9. The highest BCUT2D eigenvalue weighted by atomic mass is 32.1. The van der Waals surface area contributed by atoms with Crippen molar-refractivity contribution in [1.82, 2.24) is 4.98 Å². The second-order valence-electron chi connectivity index (χ2n) is 5.99. The summed E-state index contributed by atoms with van der Waals surface area (Å²) in [5, 5.41) is 3.68. The van der Waals surface area contributed by atoms with Crippen molar-refractivity contribution >= 4 is 39.7 Å². The lowest BCUT2D eigenvalue weighted by atomic mass is 10.1. The lowest BCUT2D eigenvalue weighted by molar-refractivity contribution is -0.118. The Labute approximate surface area is 145 Å². The van der Waals surface area contributed by atoms with Gasteiger partial charge in [-0.3, -0.25) is 9.59 Å². The number of thiazole rings is 1. The number of rotatable bonds is 3. The van der Waals surface area contributed by atoms with Crippen LogP contribution in [0.4, 0.5) is 16.5 Å². The summed E-state index contributed by atoms with van der Waals surface area (Å²) in [6.07, 6.45) is 2.08. The van der Waals surface area contributed by atoms with E-state index in [0.717, 1.165) is 15.7 Å². The van der Waals surface area contributed by atoms with Crippen LogP contribution in [-0.4, -0.2) is 36.4 Å². The lowest BCUT2D eigenvalue weighted by Crippen LogP contribution is -2.44. The summed E-state index contributed by atoms with van der Waals surface area (Å²) in [4.78, 5) is 33.9. The molecule has 2 aromatic rings. The first-order valence-electron chi connectivity index (χ1n) is 7.80. The van der Waals surface area contributed by atoms with Gasteiger partial charge < -0.3 is 15.1 Å². The Bertz CT molecular complexity index is 773. The van der Waals surface area contributed by atoms with Crippen LogP contribution >= 0.6 is 11.3 Å². The number of likely N-dealkylation sites (N-methyl/N-ethyl adjacent to an activating group) is 1. The first-order valence-corrected chi connectivity index (χ1v) is 8.62. The van der Waals surface area contributed by atoms with E-state index in [1.165, 1.54) is 0 Å². The Morgan fingerprint density at radius 3 is 2.92 bits per heavy atom. The summed E-state index contributed by atoms with van der Waals surface area (Å²) in [6, 6.07) is 7.20. The molecule has 1 N–H and O–H groups in total. The zero-order valence-corrected chi connectivity index (χ0v) is 14.8. The fourth-order valence-electron chi connectivity index (χ4n) is 2.83. The Morgan fingerprint density at radius 1 is 1.46 bits per heavy atom. The summed E-state index contributed by atoms with van der Waals surface area (Å²) >= 11 is 1.55. The van der Waals surface area contributed by atoms with Crippen molar-refractivity contribution in [3.8, 4) is 0 Å². The molecule has 7 heteroatoms. The van der Waals surface area contributed by atoms with E-state index in [9.17, 15) is 9.59 Å². The standard InChI is InChI=1S/C17H20N4O2S/c1-11-8-15(22)19-13-6-4-5-7-14(13)21(11)16(23)10-20(3)17-18-9-12(2)24-17/h4-7,9,11H,8,10H2,1-3H3,(H,19,22). The van der Waals surface area contributed by atoms with Gasteiger partial charge in [-0.25, -0.2) is 4.98 Å². The van der Waals surface area contributed by atoms with E-state index in [4.69, 9.17) is 0 Å². The van der Waals surface area contributed by atoms with Crippen LogP contribution in [0.2, 0.25) is 0 Å². The van der Waals surface area contributed by atoms with Crippen molar-refractivity contribution in [2.75, 3.05) is 28.7 Å². The van der Waals surface area contributed by atoms with E-state index in [0.29, 0.717) is 5.69 Å². The zero-order valence-electron chi connectivity index (χ0n) is 13.9. The monoisotopic (exact) mass is 344 g/mol. The quantitative estimate of drug-likeness (QED) is 0.930. The van der Waals surface area contributed by atoms with Gasteiger partial charge in [-0.15, -0.1) is 11.3 Å². The van der Waals surface area contributed by atoms with Crippen LogP contribution in [0.15, 0.2) is 30.5 Å². The minimum absolute atomic E-state index is 0.0539. The summed E-state index contributed by atoms with van der Waals surface area (Å²) in [7, 11) is 1.86. The number of para-hydroxylation sites is 2. The van der Waals surface area contributed by atoms with E-state index in [2.05, 4.69) is 10.3 Å². The van der Waals surface area contributed by atoms with Crippen molar-refractivity contribution < 1.29 is 9.59 Å². The third-order valence-electron chi connectivity index (χ3n) is 3.94. The predicted octanol–water partition coefficient (Wildman–Crippen LogP) is 2.65. The molecular weight excluding hydrogens is 324 g/mol. The van der Waals surface area contributed by atoms with Crippen LogP contribution in [-0.2, 0) is 9.59 Å². The zero-order chi connectivity index (χ0) is 17.3. The number of anilines is 3. The van der Waals surface area contributed by atoms with E-state index in [-0.39, 0.29) is 30.8 Å². The molecule has 1 aliphatic rings. The smallest absolute Gasteiger partial charge is 0.246 e. The molecular formula is C17H20N4O2S. The molecule has 1 atom stereocenters. The SMILES string of the molecule is Cc1cnc(N(C)CC(=O)N2c3ccccc3NC(=O)CC2C)s1. The molecule has 24 heavy (non-hydrogen) atoms. The molecule has 126 valence electrons. The normalized spacial score (nSPS) is 17.0. The molecule has 0 bridgehead atoms. The fraction of sp³-hybridized carbons (Fsp3) is 0.353. The highest BCUT2D eigenvalue weighted by Crippen LogP contribution is 2.31. The number of fused-ring (bicyclic) bond motifs is 1. The summed E-state index contributed by atoms with van der Waals surface area (Å²) in [5.41, 5.74) is 1.41. The van der Waals surface area contributed by atoms with Gasteiger partial charge in [0.2, 0.25) is 11.8 Å². The molecule has 1 unspecified atom stereocenters. The summed E-state index contributed by atoms with van der Waals surface area (Å²) in [5.74, 6) is -0.129. The van der Waals surface area contributed by atoms with Crippen molar-refractivity contribution in [1.29, 1.82) is 0 Å². The number of carbonyl (C=O) groups excluding carboxylic acids is 2. The minimum Gasteiger partial charge on any atom is -0.342 e. The van der Waals surface area contributed by atoms with E-state index < -0.39 is 0 Å². The fourth-order valence-corrected chi connectivity index (χ4v) is 3.55. The summed E-state index contributed by atoms with van der Waals surface area (Å²) in [6.45, 7) is 4.09. The van der Waals surface area contributed by atoms with Crippen molar-refractivity contribution in [3.63, 3.8) is 0 Å². The molecule has 0 radical (unpaired) electrons. The van der Waals surface area contributed by atoms with Crippen molar-refractivity contribution in [2.24, 2.45) is 0 Å². The molecule has 1 aromatic carbocycles. The first kappa shape index (κ1) is 16.4. The maximum absolute atomic E-state index is 12.9. The van der Waals surface area contributed by atoms with Crippen molar-refractivity contribution in [3.05, 3.63) is 35.3 Å². The number of carbonyl (C=O) groups is 2. The Morgan fingerprint density at radius 2 is 2.21 bits per heavy atom. The summed E-state index contributed by atoms with van der Waals surface area (Å²) < 4.78 is 0. The van der Waals surface area contributed by atoms with Gasteiger partial charge in [0.25, 0.3) is 0 Å². The Balaban J connectivity index is 1.86. The lowest BCUT2D eigenvalue weighted by Gasteiger charge is -2.29. The number of nitrogens with one attached hydrogen (secondary N) is 1. The highest BCUT2D eigenvalue weighted by molar-refractivity contribution is 7.15. The van der Waals surface area contributed by atoms with Crippen molar-refractivity contribution in [2.45, 2.75) is 26.3 Å². The van der Waals surface area contributed by atoms with Crippen LogP contribution < -0.4 is 15.1 Å². The maximum Gasteiger partial charge on any atom is 0.246 e. The van der Waals surface area contributed by atoms with Crippen LogP contribution in [0.1, 0.15) is 18.2 Å². The van der Waals surface area contributed by atoms with Crippen LogP contribution in [0.3, 0.4) is 0 Å². The van der Waals surface area contributed by atoms with Crippen LogP contribution in [0.5, 0.6) is 0 Å². The first-order chi connectivity index (χ1) is 11.5. The average molecular weight is 344 g/mol.